The van der Waals surface area contributed by atoms with Crippen molar-refractivity contribution in [1.29, 1.82) is 0 Å². The Kier molecular flexibility index (Phi) is 6.82. The summed E-state index contributed by atoms with van der Waals surface area (Å²) in [5, 5.41) is 0. The molecule has 0 saturated heterocycles. The number of hydrazine groups is 1. The molecule has 2 aromatic carbocycles. The lowest BCUT2D eigenvalue weighted by molar-refractivity contribution is -0.131. The minimum absolute atomic E-state index is 0.0564. The van der Waals surface area contributed by atoms with Crippen LogP contribution in [0.15, 0.2) is 48.5 Å². The summed E-state index contributed by atoms with van der Waals surface area (Å²) >= 11 is 0. The Labute approximate surface area is 159 Å². The molecule has 0 aliphatic carbocycles. The highest BCUT2D eigenvalue weighted by Crippen LogP contribution is 2.24. The molecule has 0 radical (unpaired) electrons. The number of hydrogen-bond acceptors (Lipinski definition) is 4. The summed E-state index contributed by atoms with van der Waals surface area (Å²) in [6.45, 7) is 7.95. The van der Waals surface area contributed by atoms with Crippen LogP contribution in [-0.2, 0) is 15.0 Å². The van der Waals surface area contributed by atoms with Gasteiger partial charge in [-0.15, -0.1) is 0 Å². The Bertz CT molecular complexity index is 762. The highest BCUT2D eigenvalue weighted by atomic mass is 16.5. The van der Waals surface area contributed by atoms with Crippen molar-refractivity contribution in [2.24, 2.45) is 0 Å². The number of aryl methyl sites for hydroxylation is 1. The van der Waals surface area contributed by atoms with Gasteiger partial charge in [-0.1, -0.05) is 50.6 Å². The molecule has 6 nitrogen and oxygen atoms in total. The fraction of sp³-hybridized carbons (Fsp3) is 0.333. The van der Waals surface area contributed by atoms with E-state index in [1.165, 1.54) is 5.56 Å². The molecule has 0 fully saturated rings. The third kappa shape index (κ3) is 7.01. The number of rotatable bonds is 6. The number of ether oxygens (including phenoxy) is 2. The van der Waals surface area contributed by atoms with Crippen LogP contribution in [0.2, 0.25) is 0 Å². The molecule has 0 unspecified atom stereocenters. The van der Waals surface area contributed by atoms with Crippen molar-refractivity contribution < 1.29 is 19.1 Å². The molecular weight excluding hydrogens is 344 g/mol. The van der Waals surface area contributed by atoms with Crippen molar-refractivity contribution in [3.63, 3.8) is 0 Å². The second-order valence-corrected chi connectivity index (χ2v) is 7.26. The van der Waals surface area contributed by atoms with Crippen molar-refractivity contribution in [1.82, 2.24) is 10.9 Å². The first kappa shape index (κ1) is 20.3. The number of carbonyl (C=O) groups excluding carboxylic acids is 2. The average Bonchev–Trinajstić information content (AvgIpc) is 2.64. The summed E-state index contributed by atoms with van der Waals surface area (Å²) in [7, 11) is 0. The lowest BCUT2D eigenvalue weighted by Gasteiger charge is -2.19. The Morgan fingerprint density at radius 2 is 1.19 bits per heavy atom. The van der Waals surface area contributed by atoms with Gasteiger partial charge in [-0.3, -0.25) is 20.4 Å². The maximum atomic E-state index is 11.8. The molecule has 0 saturated carbocycles. The van der Waals surface area contributed by atoms with E-state index in [-0.39, 0.29) is 18.6 Å². The highest BCUT2D eigenvalue weighted by Gasteiger charge is 2.13. The van der Waals surface area contributed by atoms with Gasteiger partial charge in [0.1, 0.15) is 11.5 Å². The van der Waals surface area contributed by atoms with E-state index in [9.17, 15) is 9.59 Å². The molecule has 0 aliphatic rings. The zero-order valence-electron chi connectivity index (χ0n) is 16.2. The third-order valence-corrected chi connectivity index (χ3v) is 3.82. The van der Waals surface area contributed by atoms with Gasteiger partial charge in [0.05, 0.1) is 0 Å². The zero-order valence-corrected chi connectivity index (χ0v) is 16.2. The van der Waals surface area contributed by atoms with Crippen LogP contribution in [0.5, 0.6) is 11.5 Å². The molecule has 0 atom stereocenters. The van der Waals surface area contributed by atoms with Gasteiger partial charge in [0.2, 0.25) is 0 Å². The molecule has 144 valence electrons. The molecule has 0 aromatic heterocycles. The standard InChI is InChI=1S/C21H26N2O4/c1-15-5-9-17(10-6-15)26-13-19(24)22-23-20(25)14-27-18-11-7-16(8-12-18)21(2,3)4/h5-12H,13-14H2,1-4H3,(H,22,24)(H,23,25). The largest absolute Gasteiger partial charge is 0.484 e. The fourth-order valence-electron chi connectivity index (χ4n) is 2.20. The molecule has 6 heteroatoms. The van der Waals surface area contributed by atoms with Crippen molar-refractivity contribution >= 4 is 11.8 Å². The summed E-state index contributed by atoms with van der Waals surface area (Å²) in [6, 6.07) is 14.9. The number of benzene rings is 2. The van der Waals surface area contributed by atoms with Crippen LogP contribution in [0, 0.1) is 6.92 Å². The van der Waals surface area contributed by atoms with Gasteiger partial charge >= 0.3 is 0 Å². The first-order valence-electron chi connectivity index (χ1n) is 8.74. The first-order valence-corrected chi connectivity index (χ1v) is 8.74. The summed E-state index contributed by atoms with van der Waals surface area (Å²) in [5.74, 6) is 0.258. The number of hydrogen-bond donors (Lipinski definition) is 2. The fourth-order valence-corrected chi connectivity index (χ4v) is 2.20. The summed E-state index contributed by atoms with van der Waals surface area (Å²) in [5.41, 5.74) is 6.92. The number of carbonyl (C=O) groups is 2. The van der Waals surface area contributed by atoms with Crippen molar-refractivity contribution in [2.45, 2.75) is 33.1 Å². The van der Waals surface area contributed by atoms with E-state index >= 15 is 0 Å². The van der Waals surface area contributed by atoms with Crippen LogP contribution in [-0.4, -0.2) is 25.0 Å². The van der Waals surface area contributed by atoms with Crippen molar-refractivity contribution in [3.05, 3.63) is 59.7 Å². The summed E-state index contributed by atoms with van der Waals surface area (Å²) in [4.78, 5) is 23.5. The zero-order chi connectivity index (χ0) is 19.9. The predicted molar refractivity (Wildman–Crippen MR) is 104 cm³/mol. The minimum atomic E-state index is -0.460. The Morgan fingerprint density at radius 1 is 0.778 bits per heavy atom. The van der Waals surface area contributed by atoms with E-state index in [4.69, 9.17) is 9.47 Å². The van der Waals surface area contributed by atoms with E-state index in [0.29, 0.717) is 11.5 Å². The van der Waals surface area contributed by atoms with E-state index < -0.39 is 11.8 Å². The SMILES string of the molecule is Cc1ccc(OCC(=O)NNC(=O)COc2ccc(C(C)(C)C)cc2)cc1. The van der Waals surface area contributed by atoms with Gasteiger partial charge in [-0.05, 0) is 42.2 Å². The quantitative estimate of drug-likeness (QED) is 0.767. The number of amides is 2. The molecule has 2 aromatic rings. The van der Waals surface area contributed by atoms with Crippen LogP contribution < -0.4 is 20.3 Å². The van der Waals surface area contributed by atoms with Gasteiger partial charge < -0.3 is 9.47 Å². The van der Waals surface area contributed by atoms with Crippen LogP contribution in [0.25, 0.3) is 0 Å². The van der Waals surface area contributed by atoms with Crippen LogP contribution >= 0.6 is 0 Å². The van der Waals surface area contributed by atoms with Crippen LogP contribution in [0.4, 0.5) is 0 Å². The minimum Gasteiger partial charge on any atom is -0.484 e. The molecular formula is C21H26N2O4. The molecule has 0 heterocycles. The van der Waals surface area contributed by atoms with Gasteiger partial charge in [-0.25, -0.2) is 0 Å². The smallest absolute Gasteiger partial charge is 0.276 e. The maximum Gasteiger partial charge on any atom is 0.276 e. The molecule has 2 N–H and O–H groups in total. The normalized spacial score (nSPS) is 10.8. The third-order valence-electron chi connectivity index (χ3n) is 3.82. The van der Waals surface area contributed by atoms with Gasteiger partial charge in [0, 0.05) is 0 Å². The number of nitrogens with one attached hydrogen (secondary N) is 2. The Morgan fingerprint density at radius 3 is 1.59 bits per heavy atom. The average molecular weight is 370 g/mol. The lowest BCUT2D eigenvalue weighted by atomic mass is 9.87. The highest BCUT2D eigenvalue weighted by molar-refractivity contribution is 5.83. The lowest BCUT2D eigenvalue weighted by Crippen LogP contribution is -2.45. The van der Waals surface area contributed by atoms with E-state index in [1.807, 2.05) is 43.3 Å². The molecule has 27 heavy (non-hydrogen) atoms. The second kappa shape index (κ2) is 9.07. The molecule has 0 bridgehead atoms. The Balaban J connectivity index is 1.68. The van der Waals surface area contributed by atoms with Crippen LogP contribution in [0.1, 0.15) is 31.9 Å². The first-order chi connectivity index (χ1) is 12.7. The molecule has 2 amide bonds. The van der Waals surface area contributed by atoms with Crippen molar-refractivity contribution in [2.75, 3.05) is 13.2 Å². The topological polar surface area (TPSA) is 76.7 Å². The predicted octanol–water partition coefficient (Wildman–Crippen LogP) is 2.90. The van der Waals surface area contributed by atoms with Crippen molar-refractivity contribution in [3.8, 4) is 11.5 Å². The summed E-state index contributed by atoms with van der Waals surface area (Å²) < 4.78 is 10.7. The van der Waals surface area contributed by atoms with Gasteiger partial charge in [0.25, 0.3) is 11.8 Å². The van der Waals surface area contributed by atoms with Gasteiger partial charge in [0.15, 0.2) is 13.2 Å². The van der Waals surface area contributed by atoms with E-state index in [1.54, 1.807) is 12.1 Å². The molecule has 0 spiro atoms. The van der Waals surface area contributed by atoms with Crippen LogP contribution in [0.3, 0.4) is 0 Å². The second-order valence-electron chi connectivity index (χ2n) is 7.26. The Hall–Kier alpha value is -3.02. The maximum absolute atomic E-state index is 11.8. The monoisotopic (exact) mass is 370 g/mol. The van der Waals surface area contributed by atoms with Gasteiger partial charge in [-0.2, -0.15) is 0 Å². The summed E-state index contributed by atoms with van der Waals surface area (Å²) in [6.07, 6.45) is 0. The van der Waals surface area contributed by atoms with E-state index in [0.717, 1.165) is 5.56 Å². The van der Waals surface area contributed by atoms with E-state index in [2.05, 4.69) is 31.6 Å². The molecule has 0 aliphatic heterocycles. The molecule has 2 rings (SSSR count).